The van der Waals surface area contributed by atoms with Crippen molar-refractivity contribution in [3.63, 3.8) is 0 Å². The van der Waals surface area contributed by atoms with Gasteiger partial charge in [0.05, 0.1) is 9.75 Å². The van der Waals surface area contributed by atoms with E-state index in [1.165, 1.54) is 22.7 Å². The topological polar surface area (TPSA) is 102 Å². The first-order valence-electron chi connectivity index (χ1n) is 6.83. The van der Waals surface area contributed by atoms with Gasteiger partial charge in [0.2, 0.25) is 0 Å². The number of rotatable bonds is 6. The van der Waals surface area contributed by atoms with Crippen molar-refractivity contribution in [2.24, 2.45) is 0 Å². The highest BCUT2D eigenvalue weighted by atomic mass is 32.1. The fraction of sp³-hybridized carbons (Fsp3) is 0.200. The largest absolute Gasteiger partial charge is 0.454 e. The molecule has 0 aliphatic rings. The van der Waals surface area contributed by atoms with Crippen LogP contribution in [0.1, 0.15) is 24.2 Å². The maximum Gasteiger partial charge on any atom is 0.325 e. The Labute approximate surface area is 145 Å². The Morgan fingerprint density at radius 3 is 2.50 bits per heavy atom. The molecule has 2 heterocycles. The number of ether oxygens (including phenoxy) is 1. The molecule has 9 heteroatoms. The van der Waals surface area contributed by atoms with Crippen molar-refractivity contribution < 1.29 is 23.9 Å². The van der Waals surface area contributed by atoms with Crippen molar-refractivity contribution in [3.05, 3.63) is 44.3 Å². The van der Waals surface area contributed by atoms with Crippen molar-refractivity contribution in [2.45, 2.75) is 6.92 Å². The third-order valence-electron chi connectivity index (χ3n) is 2.72. The van der Waals surface area contributed by atoms with Gasteiger partial charge >= 0.3 is 5.97 Å². The van der Waals surface area contributed by atoms with E-state index in [4.69, 9.17) is 4.74 Å². The van der Waals surface area contributed by atoms with E-state index in [1.54, 1.807) is 29.6 Å². The van der Waals surface area contributed by atoms with Gasteiger partial charge in [-0.1, -0.05) is 6.07 Å². The zero-order valence-electron chi connectivity index (χ0n) is 12.7. The predicted octanol–water partition coefficient (Wildman–Crippen LogP) is 1.35. The number of thiophene rings is 2. The van der Waals surface area contributed by atoms with Crippen molar-refractivity contribution >= 4 is 46.4 Å². The highest BCUT2D eigenvalue weighted by Crippen LogP contribution is 2.14. The Balaban J connectivity index is 1.68. The van der Waals surface area contributed by atoms with Crippen LogP contribution in [0.5, 0.6) is 0 Å². The molecule has 0 bridgehead atoms. The van der Waals surface area contributed by atoms with Crippen LogP contribution in [0.3, 0.4) is 0 Å². The number of carbonyl (C=O) groups is 4. The molecule has 2 aromatic rings. The molecule has 2 aromatic heterocycles. The lowest BCUT2D eigenvalue weighted by Crippen LogP contribution is -2.36. The molecule has 7 nitrogen and oxygen atoms in total. The van der Waals surface area contributed by atoms with Crippen LogP contribution in [0.25, 0.3) is 0 Å². The van der Waals surface area contributed by atoms with Gasteiger partial charge in [-0.15, -0.1) is 22.7 Å². The highest BCUT2D eigenvalue weighted by Gasteiger charge is 2.14. The zero-order valence-corrected chi connectivity index (χ0v) is 14.3. The summed E-state index contributed by atoms with van der Waals surface area (Å²) in [5.74, 6) is -2.44. The zero-order chi connectivity index (χ0) is 17.5. The van der Waals surface area contributed by atoms with E-state index in [0.29, 0.717) is 9.75 Å². The summed E-state index contributed by atoms with van der Waals surface area (Å²) < 4.78 is 4.70. The van der Waals surface area contributed by atoms with Gasteiger partial charge < -0.3 is 10.1 Å². The Morgan fingerprint density at radius 1 is 1.08 bits per heavy atom. The minimum absolute atomic E-state index is 0.359. The van der Waals surface area contributed by atoms with Crippen LogP contribution in [0, 0.1) is 6.92 Å². The summed E-state index contributed by atoms with van der Waals surface area (Å²) in [6, 6.07) is 6.71. The Hall–Kier alpha value is -2.52. The molecule has 0 unspecified atom stereocenters. The lowest BCUT2D eigenvalue weighted by Gasteiger charge is -2.06. The van der Waals surface area contributed by atoms with Crippen molar-refractivity contribution in [1.82, 2.24) is 10.6 Å². The normalized spacial score (nSPS) is 10.0. The summed E-state index contributed by atoms with van der Waals surface area (Å²) in [5, 5.41) is 6.21. The van der Waals surface area contributed by atoms with Gasteiger partial charge in [-0.05, 0) is 30.5 Å². The second-order valence-electron chi connectivity index (χ2n) is 4.61. The van der Waals surface area contributed by atoms with Crippen LogP contribution in [0.4, 0.5) is 0 Å². The molecular formula is C15H14N2O5S2. The quantitative estimate of drug-likeness (QED) is 0.752. The van der Waals surface area contributed by atoms with Crippen LogP contribution in [-0.2, 0) is 14.3 Å². The number of esters is 1. The highest BCUT2D eigenvalue weighted by molar-refractivity contribution is 7.14. The molecule has 2 N–H and O–H groups in total. The van der Waals surface area contributed by atoms with Crippen LogP contribution in [-0.4, -0.2) is 36.8 Å². The van der Waals surface area contributed by atoms with Crippen LogP contribution >= 0.6 is 22.7 Å². The smallest absolute Gasteiger partial charge is 0.325 e. The first kappa shape index (κ1) is 17.8. The van der Waals surface area contributed by atoms with Crippen LogP contribution < -0.4 is 10.6 Å². The number of hydrogen-bond acceptors (Lipinski definition) is 7. The second-order valence-corrected chi connectivity index (χ2v) is 6.84. The molecule has 24 heavy (non-hydrogen) atoms. The average molecular weight is 366 g/mol. The van der Waals surface area contributed by atoms with Gasteiger partial charge in [-0.25, -0.2) is 0 Å². The molecule has 0 saturated heterocycles. The fourth-order valence-corrected chi connectivity index (χ4v) is 3.03. The molecule has 0 atom stereocenters. The Bertz CT molecular complexity index is 752. The minimum Gasteiger partial charge on any atom is -0.454 e. The number of aryl methyl sites for hydroxylation is 1. The molecule has 0 aliphatic heterocycles. The van der Waals surface area contributed by atoms with E-state index in [-0.39, 0.29) is 12.5 Å². The van der Waals surface area contributed by atoms with Crippen LogP contribution in [0.2, 0.25) is 0 Å². The number of carbonyl (C=O) groups excluding carboxylic acids is 4. The third kappa shape index (κ3) is 5.28. The SMILES string of the molecule is Cc1ccc(C(=O)NCC(=O)OCC(=O)NC(=O)c2cccs2)s1. The van der Waals surface area contributed by atoms with Gasteiger partial charge in [-0.3, -0.25) is 24.5 Å². The first-order chi connectivity index (χ1) is 11.5. The Kier molecular flexibility index (Phi) is 6.21. The number of amides is 3. The van der Waals surface area contributed by atoms with E-state index in [2.05, 4.69) is 10.6 Å². The molecule has 0 radical (unpaired) electrons. The molecule has 0 aliphatic carbocycles. The first-order valence-corrected chi connectivity index (χ1v) is 8.53. The number of imide groups is 1. The van der Waals surface area contributed by atoms with E-state index in [0.717, 1.165) is 4.88 Å². The monoisotopic (exact) mass is 366 g/mol. The average Bonchev–Trinajstić information content (AvgIpc) is 3.22. The minimum atomic E-state index is -0.768. The summed E-state index contributed by atoms with van der Waals surface area (Å²) in [6.07, 6.45) is 0. The van der Waals surface area contributed by atoms with Gasteiger partial charge in [0.25, 0.3) is 17.7 Å². The molecule has 0 fully saturated rings. The number of hydrogen-bond donors (Lipinski definition) is 2. The van der Waals surface area contributed by atoms with Crippen molar-refractivity contribution in [2.75, 3.05) is 13.2 Å². The summed E-state index contributed by atoms with van der Waals surface area (Å²) >= 11 is 2.50. The van der Waals surface area contributed by atoms with E-state index < -0.39 is 24.4 Å². The molecule has 0 saturated carbocycles. The molecule has 3 amide bonds. The molecule has 0 aromatic carbocycles. The summed E-state index contributed by atoms with van der Waals surface area (Å²) in [6.45, 7) is 0.914. The predicted molar refractivity (Wildman–Crippen MR) is 89.1 cm³/mol. The standard InChI is InChI=1S/C15H14N2O5S2/c1-9-4-5-11(24-9)14(20)16-7-13(19)22-8-12(18)17-15(21)10-3-2-6-23-10/h2-6H,7-8H2,1H3,(H,16,20)(H,17,18,21). The van der Waals surface area contributed by atoms with E-state index in [9.17, 15) is 19.2 Å². The number of nitrogens with one attached hydrogen (secondary N) is 2. The van der Waals surface area contributed by atoms with Gasteiger partial charge in [0, 0.05) is 4.88 Å². The second kappa shape index (κ2) is 8.37. The van der Waals surface area contributed by atoms with Gasteiger partial charge in [0.15, 0.2) is 6.61 Å². The lowest BCUT2D eigenvalue weighted by atomic mass is 10.4. The summed E-state index contributed by atoms with van der Waals surface area (Å²) in [7, 11) is 0. The van der Waals surface area contributed by atoms with Gasteiger partial charge in [0.1, 0.15) is 6.54 Å². The summed E-state index contributed by atoms with van der Waals surface area (Å²) in [5.41, 5.74) is 0. The van der Waals surface area contributed by atoms with Gasteiger partial charge in [-0.2, -0.15) is 0 Å². The van der Waals surface area contributed by atoms with Crippen LogP contribution in [0.15, 0.2) is 29.6 Å². The molecular weight excluding hydrogens is 352 g/mol. The van der Waals surface area contributed by atoms with E-state index >= 15 is 0 Å². The maximum absolute atomic E-state index is 11.7. The van der Waals surface area contributed by atoms with Crippen molar-refractivity contribution in [1.29, 1.82) is 0 Å². The fourth-order valence-electron chi connectivity index (χ4n) is 1.63. The molecule has 0 spiro atoms. The van der Waals surface area contributed by atoms with E-state index in [1.807, 2.05) is 6.92 Å². The third-order valence-corrected chi connectivity index (χ3v) is 4.59. The summed E-state index contributed by atoms with van der Waals surface area (Å²) in [4.78, 5) is 48.2. The Morgan fingerprint density at radius 2 is 1.88 bits per heavy atom. The molecule has 2 rings (SSSR count). The maximum atomic E-state index is 11.7. The lowest BCUT2D eigenvalue weighted by molar-refractivity contribution is -0.147. The van der Waals surface area contributed by atoms with Crippen molar-refractivity contribution in [3.8, 4) is 0 Å². The molecule has 126 valence electrons.